The molecule has 0 unspecified atom stereocenters. The molecule has 2 heterocycles. The van der Waals surface area contributed by atoms with Gasteiger partial charge in [0, 0.05) is 19.2 Å². The van der Waals surface area contributed by atoms with Crippen molar-refractivity contribution in [2.45, 2.75) is 31.7 Å². The van der Waals surface area contributed by atoms with E-state index in [1.807, 2.05) is 0 Å². The van der Waals surface area contributed by atoms with Crippen LogP contribution in [0.15, 0.2) is 23.1 Å². The van der Waals surface area contributed by atoms with Crippen molar-refractivity contribution in [3.63, 3.8) is 0 Å². The highest BCUT2D eigenvalue weighted by Gasteiger charge is 2.23. The smallest absolute Gasteiger partial charge is 0.404 e. The molecule has 0 spiro atoms. The van der Waals surface area contributed by atoms with E-state index in [1.165, 1.54) is 10.6 Å². The van der Waals surface area contributed by atoms with E-state index < -0.39 is 11.9 Å². The van der Waals surface area contributed by atoms with Gasteiger partial charge in [-0.1, -0.05) is 0 Å². The van der Waals surface area contributed by atoms with Crippen molar-refractivity contribution in [3.8, 4) is 5.75 Å². The van der Waals surface area contributed by atoms with Crippen LogP contribution < -0.4 is 15.6 Å². The van der Waals surface area contributed by atoms with Gasteiger partial charge in [-0.3, -0.25) is 9.78 Å². The molecule has 1 amide bonds. The van der Waals surface area contributed by atoms with Crippen LogP contribution in [0.4, 0.5) is 9.18 Å². The summed E-state index contributed by atoms with van der Waals surface area (Å²) in [6.07, 6.45) is 3.15. The number of nitrogens with zero attached hydrogens (tertiary/aromatic N) is 2. The fourth-order valence-corrected chi connectivity index (χ4v) is 3.28. The second-order valence-corrected chi connectivity index (χ2v) is 6.38. The van der Waals surface area contributed by atoms with Crippen LogP contribution in [0, 0.1) is 11.7 Å². The fourth-order valence-electron chi connectivity index (χ4n) is 3.28. The van der Waals surface area contributed by atoms with Gasteiger partial charge >= 0.3 is 6.09 Å². The molecule has 25 heavy (non-hydrogen) atoms. The second-order valence-electron chi connectivity index (χ2n) is 6.38. The van der Waals surface area contributed by atoms with Gasteiger partial charge in [-0.2, -0.15) is 0 Å². The third kappa shape index (κ3) is 3.72. The first-order valence-corrected chi connectivity index (χ1v) is 8.22. The Bertz CT molecular complexity index is 844. The molecule has 1 fully saturated rings. The zero-order valence-corrected chi connectivity index (χ0v) is 13.9. The number of aromatic nitrogens is 2. The fraction of sp³-hybridized carbons (Fsp3) is 0.471. The van der Waals surface area contributed by atoms with Crippen molar-refractivity contribution < 1.29 is 19.0 Å². The molecule has 134 valence electrons. The number of ether oxygens (including phenoxy) is 1. The average Bonchev–Trinajstić information content (AvgIpc) is 2.58. The van der Waals surface area contributed by atoms with E-state index in [-0.39, 0.29) is 23.3 Å². The van der Waals surface area contributed by atoms with E-state index in [0.29, 0.717) is 17.6 Å². The number of carboxylic acid groups (broad SMARTS) is 1. The van der Waals surface area contributed by atoms with E-state index in [4.69, 9.17) is 9.84 Å². The van der Waals surface area contributed by atoms with Gasteiger partial charge in [0.05, 0.1) is 18.3 Å². The van der Waals surface area contributed by atoms with E-state index in [2.05, 4.69) is 10.3 Å². The first kappa shape index (κ1) is 17.2. The Kier molecular flexibility index (Phi) is 4.87. The lowest BCUT2D eigenvalue weighted by atomic mass is 9.86. The van der Waals surface area contributed by atoms with Gasteiger partial charge in [-0.25, -0.2) is 9.18 Å². The summed E-state index contributed by atoms with van der Waals surface area (Å²) in [5, 5.41) is 11.2. The van der Waals surface area contributed by atoms with Crippen LogP contribution in [0.5, 0.6) is 5.75 Å². The zero-order chi connectivity index (χ0) is 18.0. The van der Waals surface area contributed by atoms with Gasteiger partial charge in [-0.05, 0) is 37.7 Å². The van der Waals surface area contributed by atoms with Gasteiger partial charge < -0.3 is 19.7 Å². The molecular formula is C17H20FN3O4. The minimum absolute atomic E-state index is 0.0342. The topological polar surface area (TPSA) is 93.5 Å². The van der Waals surface area contributed by atoms with Crippen LogP contribution in [-0.2, 0) is 7.05 Å². The molecule has 0 aliphatic heterocycles. The molecule has 2 N–H and O–H groups in total. The Labute approximate surface area is 143 Å². The number of halogens is 1. The summed E-state index contributed by atoms with van der Waals surface area (Å²) in [5.74, 6) is -0.346. The Balaban J connectivity index is 1.72. The third-order valence-electron chi connectivity index (χ3n) is 4.68. The lowest BCUT2D eigenvalue weighted by Crippen LogP contribution is -2.37. The summed E-state index contributed by atoms with van der Waals surface area (Å²) in [7, 11) is 1.56. The van der Waals surface area contributed by atoms with Crippen molar-refractivity contribution in [2.75, 3.05) is 6.61 Å². The molecule has 0 radical (unpaired) electrons. The predicted molar refractivity (Wildman–Crippen MR) is 89.3 cm³/mol. The van der Waals surface area contributed by atoms with Crippen LogP contribution >= 0.6 is 0 Å². The molecule has 0 bridgehead atoms. The van der Waals surface area contributed by atoms with Crippen molar-refractivity contribution in [3.05, 3.63) is 34.5 Å². The minimum Gasteiger partial charge on any atom is -0.488 e. The monoisotopic (exact) mass is 349 g/mol. The number of fused-ring (bicyclic) bond motifs is 1. The van der Waals surface area contributed by atoms with Crippen LogP contribution in [0.1, 0.15) is 25.7 Å². The highest BCUT2D eigenvalue weighted by Crippen LogP contribution is 2.29. The van der Waals surface area contributed by atoms with Crippen LogP contribution in [0.2, 0.25) is 0 Å². The standard InChI is InChI=1S/C17H20FN3O4/c1-21-14(22)7-6-13-15(21)16(12(18)8-19-13)25-9-10-2-4-11(5-3-10)20-17(23)24/h6-8,10-11,20H,2-5,9H2,1H3,(H,23,24)/t10-,11-. The largest absolute Gasteiger partial charge is 0.488 e. The molecule has 7 nitrogen and oxygen atoms in total. The van der Waals surface area contributed by atoms with E-state index in [1.54, 1.807) is 13.1 Å². The zero-order valence-electron chi connectivity index (χ0n) is 13.9. The summed E-state index contributed by atoms with van der Waals surface area (Å²) in [6, 6.07) is 2.90. The SMILES string of the molecule is Cn1c(=O)ccc2ncc(F)c(OC[C@H]3CC[C@H](NC(=O)O)CC3)c21. The maximum Gasteiger partial charge on any atom is 0.404 e. The Morgan fingerprint density at radius 2 is 2.12 bits per heavy atom. The number of rotatable bonds is 4. The van der Waals surface area contributed by atoms with Gasteiger partial charge in [0.1, 0.15) is 5.52 Å². The van der Waals surface area contributed by atoms with Crippen molar-refractivity contribution in [1.82, 2.24) is 14.9 Å². The van der Waals surface area contributed by atoms with Crippen LogP contribution in [0.25, 0.3) is 11.0 Å². The molecule has 2 aromatic rings. The molecule has 0 aromatic carbocycles. The van der Waals surface area contributed by atoms with Gasteiger partial charge in [0.15, 0.2) is 11.6 Å². The van der Waals surface area contributed by atoms with Crippen molar-refractivity contribution in [1.29, 1.82) is 0 Å². The molecule has 8 heteroatoms. The second kappa shape index (κ2) is 7.08. The average molecular weight is 349 g/mol. The highest BCUT2D eigenvalue weighted by atomic mass is 19.1. The summed E-state index contributed by atoms with van der Waals surface area (Å²) in [4.78, 5) is 26.5. The molecule has 2 aromatic heterocycles. The Hall–Kier alpha value is -2.64. The quantitative estimate of drug-likeness (QED) is 0.883. The normalized spacial score (nSPS) is 20.4. The Morgan fingerprint density at radius 1 is 1.40 bits per heavy atom. The lowest BCUT2D eigenvalue weighted by Gasteiger charge is -2.28. The van der Waals surface area contributed by atoms with E-state index in [9.17, 15) is 14.0 Å². The molecular weight excluding hydrogens is 329 g/mol. The number of carbonyl (C=O) groups is 1. The van der Waals surface area contributed by atoms with E-state index >= 15 is 0 Å². The maximum absolute atomic E-state index is 14.2. The third-order valence-corrected chi connectivity index (χ3v) is 4.68. The highest BCUT2D eigenvalue weighted by molar-refractivity contribution is 5.81. The van der Waals surface area contributed by atoms with Gasteiger partial charge in [-0.15, -0.1) is 0 Å². The summed E-state index contributed by atoms with van der Waals surface area (Å²) in [5.41, 5.74) is 0.576. The molecule has 0 saturated heterocycles. The first-order valence-electron chi connectivity index (χ1n) is 8.22. The molecule has 0 atom stereocenters. The van der Waals surface area contributed by atoms with Gasteiger partial charge in [0.2, 0.25) is 0 Å². The predicted octanol–water partition coefficient (Wildman–Crippen LogP) is 2.28. The number of aryl methyl sites for hydroxylation is 1. The molecule has 1 saturated carbocycles. The van der Waals surface area contributed by atoms with Gasteiger partial charge in [0.25, 0.3) is 5.56 Å². The number of hydrogen-bond donors (Lipinski definition) is 2. The summed E-state index contributed by atoms with van der Waals surface area (Å²) < 4.78 is 21.3. The number of nitrogens with one attached hydrogen (secondary N) is 1. The molecule has 1 aliphatic rings. The van der Waals surface area contributed by atoms with E-state index in [0.717, 1.165) is 31.9 Å². The van der Waals surface area contributed by atoms with Crippen molar-refractivity contribution in [2.24, 2.45) is 13.0 Å². The van der Waals surface area contributed by atoms with Crippen LogP contribution in [-0.4, -0.2) is 33.4 Å². The Morgan fingerprint density at radius 3 is 2.80 bits per heavy atom. The molecule has 3 rings (SSSR count). The van der Waals surface area contributed by atoms with Crippen molar-refractivity contribution >= 4 is 17.1 Å². The van der Waals surface area contributed by atoms with Crippen LogP contribution in [0.3, 0.4) is 0 Å². The minimum atomic E-state index is -1.01. The maximum atomic E-state index is 14.2. The number of amides is 1. The number of pyridine rings is 2. The lowest BCUT2D eigenvalue weighted by molar-refractivity contribution is 0.168. The first-order chi connectivity index (χ1) is 12.0. The summed E-state index contributed by atoms with van der Waals surface area (Å²) in [6.45, 7) is 0.318. The summed E-state index contributed by atoms with van der Waals surface area (Å²) >= 11 is 0. The number of hydrogen-bond acceptors (Lipinski definition) is 4. The molecule has 1 aliphatic carbocycles.